The molecule has 3 aromatic rings. The Kier molecular flexibility index (Phi) is 4.42. The molecule has 0 spiro atoms. The van der Waals surface area contributed by atoms with Gasteiger partial charge >= 0.3 is 0 Å². The molecule has 0 radical (unpaired) electrons. The lowest BCUT2D eigenvalue weighted by Crippen LogP contribution is -2.39. The van der Waals surface area contributed by atoms with E-state index in [1.807, 2.05) is 35.4 Å². The molecule has 4 heterocycles. The van der Waals surface area contributed by atoms with Crippen LogP contribution in [0.15, 0.2) is 35.6 Å². The van der Waals surface area contributed by atoms with Gasteiger partial charge in [-0.3, -0.25) is 4.79 Å². The SMILES string of the molecule is CSc1ncc2c(n1)N1CCCC1CN(c1cccc(-c3nnn(C)n3)c1)C2=O. The fraction of sp³-hybridized carbons (Fsp3) is 0.368. The van der Waals surface area contributed by atoms with Crippen molar-refractivity contribution in [3.63, 3.8) is 0 Å². The zero-order valence-electron chi connectivity index (χ0n) is 16.2. The van der Waals surface area contributed by atoms with Crippen molar-refractivity contribution in [1.29, 1.82) is 0 Å². The summed E-state index contributed by atoms with van der Waals surface area (Å²) in [6.45, 7) is 1.52. The Balaban J connectivity index is 1.58. The third kappa shape index (κ3) is 3.13. The smallest absolute Gasteiger partial charge is 0.263 e. The quantitative estimate of drug-likeness (QED) is 0.480. The Morgan fingerprint density at radius 2 is 2.17 bits per heavy atom. The van der Waals surface area contributed by atoms with Crippen molar-refractivity contribution in [3.05, 3.63) is 36.0 Å². The molecule has 29 heavy (non-hydrogen) atoms. The number of tetrazole rings is 1. The van der Waals surface area contributed by atoms with Crippen LogP contribution < -0.4 is 9.80 Å². The summed E-state index contributed by atoms with van der Waals surface area (Å²) >= 11 is 1.49. The maximum Gasteiger partial charge on any atom is 0.263 e. The second-order valence-electron chi connectivity index (χ2n) is 7.15. The Morgan fingerprint density at radius 1 is 1.28 bits per heavy atom. The molecule has 2 aliphatic heterocycles. The topological polar surface area (TPSA) is 92.9 Å². The summed E-state index contributed by atoms with van der Waals surface area (Å²) in [6.07, 6.45) is 5.74. The predicted octanol–water partition coefficient (Wildman–Crippen LogP) is 2.02. The summed E-state index contributed by atoms with van der Waals surface area (Å²) < 4.78 is 0. The fourth-order valence-corrected chi connectivity index (χ4v) is 4.34. The van der Waals surface area contributed by atoms with Crippen LogP contribution in [0.1, 0.15) is 23.2 Å². The molecule has 1 atom stereocenters. The third-order valence-corrected chi connectivity index (χ3v) is 5.93. The molecule has 148 valence electrons. The van der Waals surface area contributed by atoms with Crippen molar-refractivity contribution < 1.29 is 4.79 Å². The lowest BCUT2D eigenvalue weighted by Gasteiger charge is -2.27. The van der Waals surface area contributed by atoms with Gasteiger partial charge in [0.2, 0.25) is 5.82 Å². The molecule has 2 aliphatic rings. The number of aromatic nitrogens is 6. The zero-order chi connectivity index (χ0) is 20.0. The molecule has 0 aliphatic carbocycles. The van der Waals surface area contributed by atoms with Crippen LogP contribution in [0.5, 0.6) is 0 Å². The first-order chi connectivity index (χ1) is 14.1. The van der Waals surface area contributed by atoms with Crippen molar-refractivity contribution in [1.82, 2.24) is 30.2 Å². The molecule has 0 saturated carbocycles. The maximum atomic E-state index is 13.5. The van der Waals surface area contributed by atoms with Crippen LogP contribution >= 0.6 is 11.8 Å². The lowest BCUT2D eigenvalue weighted by atomic mass is 10.1. The molecule has 1 saturated heterocycles. The second-order valence-corrected chi connectivity index (χ2v) is 7.93. The third-order valence-electron chi connectivity index (χ3n) is 5.37. The number of fused-ring (bicyclic) bond motifs is 3. The first-order valence-electron chi connectivity index (χ1n) is 9.48. The Hall–Kier alpha value is -3.01. The zero-order valence-corrected chi connectivity index (χ0v) is 17.0. The van der Waals surface area contributed by atoms with Crippen LogP contribution in [0, 0.1) is 0 Å². The average Bonchev–Trinajstić information content (AvgIpc) is 3.37. The largest absolute Gasteiger partial charge is 0.351 e. The minimum atomic E-state index is -0.0775. The fourth-order valence-electron chi connectivity index (χ4n) is 4.00. The summed E-state index contributed by atoms with van der Waals surface area (Å²) in [5, 5.41) is 13.0. The van der Waals surface area contributed by atoms with E-state index in [2.05, 4.69) is 30.3 Å². The Morgan fingerprint density at radius 3 is 2.97 bits per heavy atom. The summed E-state index contributed by atoms with van der Waals surface area (Å²) in [7, 11) is 1.73. The van der Waals surface area contributed by atoms with Crippen LogP contribution in [-0.4, -0.2) is 61.5 Å². The number of rotatable bonds is 3. The number of carbonyl (C=O) groups excluding carboxylic acids is 1. The Bertz CT molecular complexity index is 1080. The molecule has 9 nitrogen and oxygen atoms in total. The van der Waals surface area contributed by atoms with Crippen molar-refractivity contribution in [3.8, 4) is 11.4 Å². The normalized spacial score (nSPS) is 18.6. The van der Waals surface area contributed by atoms with E-state index in [1.165, 1.54) is 16.6 Å². The highest BCUT2D eigenvalue weighted by Gasteiger charge is 2.37. The van der Waals surface area contributed by atoms with Gasteiger partial charge in [0.1, 0.15) is 11.4 Å². The number of anilines is 2. The molecular weight excluding hydrogens is 388 g/mol. The van der Waals surface area contributed by atoms with E-state index in [1.54, 1.807) is 13.2 Å². The van der Waals surface area contributed by atoms with Gasteiger partial charge in [0.05, 0.1) is 7.05 Å². The minimum absolute atomic E-state index is 0.0775. The number of benzene rings is 1. The Labute approximate surface area is 172 Å². The molecule has 1 amide bonds. The summed E-state index contributed by atoms with van der Waals surface area (Å²) in [5.41, 5.74) is 2.19. The highest BCUT2D eigenvalue weighted by Crippen LogP contribution is 2.35. The number of aryl methyl sites for hydroxylation is 1. The summed E-state index contributed by atoms with van der Waals surface area (Å²) in [6, 6.07) is 7.96. The van der Waals surface area contributed by atoms with Crippen molar-refractivity contribution in [2.24, 2.45) is 7.05 Å². The molecule has 2 aromatic heterocycles. The van der Waals surface area contributed by atoms with E-state index in [9.17, 15) is 4.79 Å². The maximum absolute atomic E-state index is 13.5. The van der Waals surface area contributed by atoms with E-state index in [4.69, 9.17) is 0 Å². The van der Waals surface area contributed by atoms with E-state index in [0.717, 1.165) is 36.5 Å². The number of hydrogen-bond acceptors (Lipinski definition) is 8. The van der Waals surface area contributed by atoms with E-state index in [0.29, 0.717) is 23.1 Å². The van der Waals surface area contributed by atoms with Gasteiger partial charge in [-0.05, 0) is 36.4 Å². The summed E-state index contributed by atoms with van der Waals surface area (Å²) in [5.74, 6) is 1.21. The first-order valence-corrected chi connectivity index (χ1v) is 10.7. The number of hydrogen-bond donors (Lipinski definition) is 0. The van der Waals surface area contributed by atoms with Gasteiger partial charge in [0.25, 0.3) is 5.91 Å². The van der Waals surface area contributed by atoms with Gasteiger partial charge < -0.3 is 9.80 Å². The molecular formula is C19H20N8OS. The summed E-state index contributed by atoms with van der Waals surface area (Å²) in [4.78, 5) is 28.0. The average molecular weight is 408 g/mol. The highest BCUT2D eigenvalue weighted by atomic mass is 32.2. The van der Waals surface area contributed by atoms with E-state index < -0.39 is 0 Å². The van der Waals surface area contributed by atoms with Crippen LogP contribution in [-0.2, 0) is 7.05 Å². The molecule has 1 aromatic carbocycles. The van der Waals surface area contributed by atoms with Crippen LogP contribution in [0.4, 0.5) is 11.5 Å². The van der Waals surface area contributed by atoms with Gasteiger partial charge in [-0.1, -0.05) is 23.9 Å². The van der Waals surface area contributed by atoms with Gasteiger partial charge in [0, 0.05) is 36.6 Å². The van der Waals surface area contributed by atoms with E-state index >= 15 is 0 Å². The molecule has 1 fully saturated rings. The second kappa shape index (κ2) is 7.11. The monoisotopic (exact) mass is 408 g/mol. The highest BCUT2D eigenvalue weighted by molar-refractivity contribution is 7.98. The minimum Gasteiger partial charge on any atom is -0.351 e. The molecule has 10 heteroatoms. The van der Waals surface area contributed by atoms with E-state index in [-0.39, 0.29) is 11.9 Å². The number of amides is 1. The standard InChI is InChI=1S/C19H20N8OS/c1-25-23-16(22-24-25)12-5-3-6-13(9-12)27-11-14-7-4-8-26(14)17-15(18(27)28)10-20-19(21-17)29-2/h3,5-6,9-10,14H,4,7-8,11H2,1-2H3. The van der Waals surface area contributed by atoms with Crippen molar-refractivity contribution in [2.45, 2.75) is 24.0 Å². The first kappa shape index (κ1) is 18.0. The van der Waals surface area contributed by atoms with Crippen LogP contribution in [0.25, 0.3) is 11.4 Å². The molecule has 1 unspecified atom stereocenters. The van der Waals surface area contributed by atoms with Crippen molar-refractivity contribution >= 4 is 29.2 Å². The van der Waals surface area contributed by atoms with Gasteiger partial charge in [-0.25, -0.2) is 9.97 Å². The predicted molar refractivity (Wildman–Crippen MR) is 110 cm³/mol. The molecule has 0 N–H and O–H groups in total. The lowest BCUT2D eigenvalue weighted by molar-refractivity contribution is 0.0988. The van der Waals surface area contributed by atoms with Crippen LogP contribution in [0.3, 0.4) is 0 Å². The van der Waals surface area contributed by atoms with Gasteiger partial charge in [0.15, 0.2) is 5.16 Å². The van der Waals surface area contributed by atoms with Gasteiger partial charge in [-0.15, -0.1) is 10.2 Å². The van der Waals surface area contributed by atoms with Crippen LogP contribution in [0.2, 0.25) is 0 Å². The molecule has 5 rings (SSSR count). The molecule has 0 bridgehead atoms. The number of thioether (sulfide) groups is 1. The number of carbonyl (C=O) groups is 1. The van der Waals surface area contributed by atoms with Crippen molar-refractivity contribution in [2.75, 3.05) is 29.1 Å². The van der Waals surface area contributed by atoms with Gasteiger partial charge in [-0.2, -0.15) is 4.80 Å². The number of nitrogens with zero attached hydrogens (tertiary/aromatic N) is 8.